The molecule has 4 nitrogen and oxygen atoms in total. The number of rotatable bonds is 6. The zero-order valence-corrected chi connectivity index (χ0v) is 8.85. The lowest BCUT2D eigenvalue weighted by atomic mass is 10.1. The second-order valence-electron chi connectivity index (χ2n) is 3.09. The van der Waals surface area contributed by atoms with E-state index in [1.807, 2.05) is 24.3 Å². The van der Waals surface area contributed by atoms with E-state index in [0.717, 1.165) is 11.3 Å². The zero-order valence-electron chi connectivity index (χ0n) is 8.85. The van der Waals surface area contributed by atoms with Crippen molar-refractivity contribution in [2.75, 3.05) is 26.9 Å². The Morgan fingerprint density at radius 2 is 2.00 bits per heavy atom. The predicted octanol–water partition coefficient (Wildman–Crippen LogP) is 0.704. The Morgan fingerprint density at radius 3 is 2.47 bits per heavy atom. The molecule has 0 saturated heterocycles. The lowest BCUT2D eigenvalue weighted by molar-refractivity contribution is 0.0328. The van der Waals surface area contributed by atoms with Crippen LogP contribution in [-0.2, 0) is 4.74 Å². The zero-order chi connectivity index (χ0) is 11.1. The smallest absolute Gasteiger partial charge is 0.118 e. The van der Waals surface area contributed by atoms with Crippen molar-refractivity contribution in [1.29, 1.82) is 0 Å². The van der Waals surface area contributed by atoms with Gasteiger partial charge in [0.05, 0.1) is 26.4 Å². The van der Waals surface area contributed by atoms with Crippen LogP contribution in [0, 0.1) is 0 Å². The SMILES string of the molecule is COc1ccc(C(CN)OCCO)cc1. The van der Waals surface area contributed by atoms with Gasteiger partial charge in [0.15, 0.2) is 0 Å². The van der Waals surface area contributed by atoms with Crippen LogP contribution in [0.25, 0.3) is 0 Å². The molecule has 0 aliphatic rings. The van der Waals surface area contributed by atoms with Crippen molar-refractivity contribution in [2.45, 2.75) is 6.10 Å². The van der Waals surface area contributed by atoms with Crippen LogP contribution in [0.15, 0.2) is 24.3 Å². The van der Waals surface area contributed by atoms with Gasteiger partial charge in [-0.2, -0.15) is 0 Å². The summed E-state index contributed by atoms with van der Waals surface area (Å²) in [5.41, 5.74) is 6.57. The number of hydrogen-bond acceptors (Lipinski definition) is 4. The van der Waals surface area contributed by atoms with Crippen molar-refractivity contribution in [1.82, 2.24) is 0 Å². The average molecular weight is 211 g/mol. The van der Waals surface area contributed by atoms with Gasteiger partial charge in [-0.25, -0.2) is 0 Å². The quantitative estimate of drug-likeness (QED) is 0.727. The van der Waals surface area contributed by atoms with E-state index >= 15 is 0 Å². The van der Waals surface area contributed by atoms with Crippen molar-refractivity contribution in [3.63, 3.8) is 0 Å². The summed E-state index contributed by atoms with van der Waals surface area (Å²) in [6, 6.07) is 7.54. The highest BCUT2D eigenvalue weighted by Gasteiger charge is 2.09. The first-order chi connectivity index (χ1) is 7.31. The summed E-state index contributed by atoms with van der Waals surface area (Å²) in [6.45, 7) is 0.701. The van der Waals surface area contributed by atoms with Gasteiger partial charge in [0.25, 0.3) is 0 Å². The minimum atomic E-state index is -0.164. The molecule has 4 heteroatoms. The van der Waals surface area contributed by atoms with E-state index in [0.29, 0.717) is 13.2 Å². The molecular weight excluding hydrogens is 194 g/mol. The number of methoxy groups -OCH3 is 1. The highest BCUT2D eigenvalue weighted by atomic mass is 16.5. The minimum Gasteiger partial charge on any atom is -0.497 e. The lowest BCUT2D eigenvalue weighted by Crippen LogP contribution is -2.17. The van der Waals surface area contributed by atoms with Crippen molar-refractivity contribution < 1.29 is 14.6 Å². The van der Waals surface area contributed by atoms with Crippen LogP contribution in [0.2, 0.25) is 0 Å². The summed E-state index contributed by atoms with van der Waals surface area (Å²) < 4.78 is 10.4. The van der Waals surface area contributed by atoms with Crippen LogP contribution in [-0.4, -0.2) is 32.0 Å². The third-order valence-electron chi connectivity index (χ3n) is 2.11. The molecule has 0 saturated carbocycles. The number of hydrogen-bond donors (Lipinski definition) is 2. The van der Waals surface area contributed by atoms with Gasteiger partial charge in [-0.1, -0.05) is 12.1 Å². The molecule has 1 unspecified atom stereocenters. The third-order valence-corrected chi connectivity index (χ3v) is 2.11. The Morgan fingerprint density at radius 1 is 1.33 bits per heavy atom. The summed E-state index contributed by atoms with van der Waals surface area (Å²) in [6.07, 6.45) is -0.164. The van der Waals surface area contributed by atoms with Crippen molar-refractivity contribution >= 4 is 0 Å². The van der Waals surface area contributed by atoms with Crippen LogP contribution in [0.5, 0.6) is 5.75 Å². The first-order valence-corrected chi connectivity index (χ1v) is 4.88. The third kappa shape index (κ3) is 3.51. The van der Waals surface area contributed by atoms with Gasteiger partial charge in [0.2, 0.25) is 0 Å². The fraction of sp³-hybridized carbons (Fsp3) is 0.455. The summed E-state index contributed by atoms with van der Waals surface area (Å²) in [7, 11) is 1.62. The molecule has 84 valence electrons. The lowest BCUT2D eigenvalue weighted by Gasteiger charge is -2.15. The number of nitrogens with two attached hydrogens (primary N) is 1. The summed E-state index contributed by atoms with van der Waals surface area (Å²) in [5, 5.41) is 8.65. The van der Waals surface area contributed by atoms with Gasteiger partial charge in [-0.15, -0.1) is 0 Å². The topological polar surface area (TPSA) is 64.7 Å². The van der Waals surface area contributed by atoms with E-state index in [2.05, 4.69) is 0 Å². The molecule has 0 bridgehead atoms. The number of aliphatic hydroxyl groups is 1. The molecule has 1 aromatic carbocycles. The fourth-order valence-electron chi connectivity index (χ4n) is 1.31. The molecule has 0 aliphatic heterocycles. The van der Waals surface area contributed by atoms with Crippen molar-refractivity contribution in [2.24, 2.45) is 5.73 Å². The monoisotopic (exact) mass is 211 g/mol. The molecule has 15 heavy (non-hydrogen) atoms. The van der Waals surface area contributed by atoms with Gasteiger partial charge in [-0.05, 0) is 17.7 Å². The number of benzene rings is 1. The molecule has 3 N–H and O–H groups in total. The highest BCUT2D eigenvalue weighted by molar-refractivity contribution is 5.28. The molecule has 0 heterocycles. The molecule has 0 aromatic heterocycles. The first kappa shape index (κ1) is 12.0. The predicted molar refractivity (Wildman–Crippen MR) is 57.8 cm³/mol. The molecule has 0 amide bonds. The second-order valence-corrected chi connectivity index (χ2v) is 3.09. The molecule has 0 spiro atoms. The number of ether oxygens (including phenoxy) is 2. The highest BCUT2D eigenvalue weighted by Crippen LogP contribution is 2.19. The summed E-state index contributed by atoms with van der Waals surface area (Å²) >= 11 is 0. The summed E-state index contributed by atoms with van der Waals surface area (Å²) in [5.74, 6) is 0.802. The van der Waals surface area contributed by atoms with Crippen molar-refractivity contribution in [3.05, 3.63) is 29.8 Å². The molecule has 1 rings (SSSR count). The van der Waals surface area contributed by atoms with Gasteiger partial charge in [0.1, 0.15) is 5.75 Å². The normalized spacial score (nSPS) is 12.5. The maximum atomic E-state index is 8.65. The van der Waals surface area contributed by atoms with E-state index in [1.165, 1.54) is 0 Å². The second kappa shape index (κ2) is 6.40. The van der Waals surface area contributed by atoms with Crippen LogP contribution < -0.4 is 10.5 Å². The van der Waals surface area contributed by atoms with Crippen LogP contribution in [0.1, 0.15) is 11.7 Å². The Balaban J connectivity index is 2.65. The maximum absolute atomic E-state index is 8.65. The Labute approximate surface area is 89.6 Å². The standard InChI is InChI=1S/C11H17NO3/c1-14-10-4-2-9(3-5-10)11(8-12)15-7-6-13/h2-5,11,13H,6-8,12H2,1H3. The van der Waals surface area contributed by atoms with Crippen LogP contribution >= 0.6 is 0 Å². The van der Waals surface area contributed by atoms with Gasteiger partial charge >= 0.3 is 0 Å². The van der Waals surface area contributed by atoms with Gasteiger partial charge in [-0.3, -0.25) is 0 Å². The maximum Gasteiger partial charge on any atom is 0.118 e. The van der Waals surface area contributed by atoms with Gasteiger partial charge in [0, 0.05) is 6.54 Å². The number of aliphatic hydroxyl groups excluding tert-OH is 1. The van der Waals surface area contributed by atoms with E-state index < -0.39 is 0 Å². The van der Waals surface area contributed by atoms with Crippen LogP contribution in [0.4, 0.5) is 0 Å². The molecule has 0 radical (unpaired) electrons. The summed E-state index contributed by atoms with van der Waals surface area (Å²) in [4.78, 5) is 0. The van der Waals surface area contributed by atoms with E-state index in [-0.39, 0.29) is 12.7 Å². The van der Waals surface area contributed by atoms with Crippen LogP contribution in [0.3, 0.4) is 0 Å². The Bertz CT molecular complexity index is 274. The molecular formula is C11H17NO3. The molecule has 0 aliphatic carbocycles. The fourth-order valence-corrected chi connectivity index (χ4v) is 1.31. The molecule has 0 fully saturated rings. The molecule has 1 aromatic rings. The van der Waals surface area contributed by atoms with E-state index in [1.54, 1.807) is 7.11 Å². The first-order valence-electron chi connectivity index (χ1n) is 4.88. The Hall–Kier alpha value is -1.10. The molecule has 1 atom stereocenters. The van der Waals surface area contributed by atoms with E-state index in [9.17, 15) is 0 Å². The van der Waals surface area contributed by atoms with E-state index in [4.69, 9.17) is 20.3 Å². The van der Waals surface area contributed by atoms with Gasteiger partial charge < -0.3 is 20.3 Å². The Kier molecular flexibility index (Phi) is 5.10. The van der Waals surface area contributed by atoms with Crippen molar-refractivity contribution in [3.8, 4) is 5.75 Å². The minimum absolute atomic E-state index is 0.00660. The largest absolute Gasteiger partial charge is 0.497 e. The average Bonchev–Trinajstić information content (AvgIpc) is 2.31.